The Kier molecular flexibility index (Phi) is 5.68. The Labute approximate surface area is 190 Å². The lowest BCUT2D eigenvalue weighted by atomic mass is 10.1. The summed E-state index contributed by atoms with van der Waals surface area (Å²) in [5, 5.41) is 12.4. The summed E-state index contributed by atoms with van der Waals surface area (Å²) in [5.41, 5.74) is 2.45. The van der Waals surface area contributed by atoms with Gasteiger partial charge >= 0.3 is 6.03 Å². The number of hydrogen-bond acceptors (Lipinski definition) is 6. The highest BCUT2D eigenvalue weighted by atomic mass is 35.5. The van der Waals surface area contributed by atoms with Crippen molar-refractivity contribution in [1.82, 2.24) is 15.1 Å². The molecule has 1 N–H and O–H groups in total. The monoisotopic (exact) mass is 451 g/mol. The number of halogens is 1. The second-order valence-electron chi connectivity index (χ2n) is 7.55. The van der Waals surface area contributed by atoms with Crippen LogP contribution in [0.5, 0.6) is 11.5 Å². The molecule has 0 spiro atoms. The van der Waals surface area contributed by atoms with Crippen molar-refractivity contribution >= 4 is 29.1 Å². The summed E-state index contributed by atoms with van der Waals surface area (Å²) in [7, 11) is 0. The van der Waals surface area contributed by atoms with Crippen LogP contribution in [-0.4, -0.2) is 60.5 Å². The summed E-state index contributed by atoms with van der Waals surface area (Å²) in [4.78, 5) is 16.6. The molecule has 0 atom stereocenters. The average Bonchev–Trinajstić information content (AvgIpc) is 2.85. The van der Waals surface area contributed by atoms with Crippen LogP contribution in [0.1, 0.15) is 0 Å². The van der Waals surface area contributed by atoms with Crippen LogP contribution in [0.3, 0.4) is 0 Å². The normalized spacial score (nSPS) is 15.4. The molecule has 8 nitrogen and oxygen atoms in total. The van der Waals surface area contributed by atoms with E-state index in [1.54, 1.807) is 11.0 Å². The highest BCUT2D eigenvalue weighted by Gasteiger charge is 2.23. The fourth-order valence-corrected chi connectivity index (χ4v) is 3.86. The number of ether oxygens (including phenoxy) is 2. The van der Waals surface area contributed by atoms with Gasteiger partial charge in [-0.25, -0.2) is 4.79 Å². The highest BCUT2D eigenvalue weighted by Crippen LogP contribution is 2.32. The highest BCUT2D eigenvalue weighted by molar-refractivity contribution is 6.30. The molecule has 2 amide bonds. The number of fused-ring (bicyclic) bond motifs is 1. The maximum absolute atomic E-state index is 12.7. The Balaban J connectivity index is 1.17. The van der Waals surface area contributed by atoms with E-state index >= 15 is 0 Å². The van der Waals surface area contributed by atoms with Gasteiger partial charge in [0.05, 0.1) is 5.69 Å². The number of urea groups is 1. The van der Waals surface area contributed by atoms with Gasteiger partial charge in [0.25, 0.3) is 0 Å². The molecule has 2 aliphatic heterocycles. The average molecular weight is 452 g/mol. The van der Waals surface area contributed by atoms with Crippen LogP contribution in [-0.2, 0) is 0 Å². The van der Waals surface area contributed by atoms with E-state index in [9.17, 15) is 4.79 Å². The minimum absolute atomic E-state index is 0.134. The topological polar surface area (TPSA) is 79.8 Å². The van der Waals surface area contributed by atoms with Crippen molar-refractivity contribution in [3.05, 3.63) is 59.6 Å². The molecule has 1 fully saturated rings. The number of benzene rings is 2. The molecule has 2 aromatic carbocycles. The van der Waals surface area contributed by atoms with Gasteiger partial charge < -0.3 is 24.6 Å². The van der Waals surface area contributed by atoms with Gasteiger partial charge in [-0.3, -0.25) is 0 Å². The number of rotatable bonds is 3. The number of carbonyl (C=O) groups is 1. The Morgan fingerprint density at radius 3 is 2.34 bits per heavy atom. The number of carbonyl (C=O) groups excluding carboxylic acids is 1. The summed E-state index contributed by atoms with van der Waals surface area (Å²) in [6.45, 7) is 3.61. The number of anilines is 2. The van der Waals surface area contributed by atoms with Crippen molar-refractivity contribution in [2.45, 2.75) is 0 Å². The van der Waals surface area contributed by atoms with Crippen molar-refractivity contribution in [2.75, 3.05) is 49.6 Å². The quantitative estimate of drug-likeness (QED) is 0.650. The molecule has 0 saturated carbocycles. The van der Waals surface area contributed by atoms with Crippen molar-refractivity contribution in [1.29, 1.82) is 0 Å². The van der Waals surface area contributed by atoms with E-state index in [2.05, 4.69) is 20.4 Å². The molecule has 164 valence electrons. The van der Waals surface area contributed by atoms with E-state index in [4.69, 9.17) is 21.1 Å². The van der Waals surface area contributed by atoms with Gasteiger partial charge in [0.1, 0.15) is 13.2 Å². The van der Waals surface area contributed by atoms with Crippen LogP contribution in [0.2, 0.25) is 5.02 Å². The van der Waals surface area contributed by atoms with Crippen LogP contribution in [0, 0.1) is 0 Å². The Morgan fingerprint density at radius 2 is 1.62 bits per heavy atom. The van der Waals surface area contributed by atoms with Gasteiger partial charge in [-0.15, -0.1) is 10.2 Å². The number of hydrogen-bond donors (Lipinski definition) is 1. The molecule has 1 aromatic heterocycles. The lowest BCUT2D eigenvalue weighted by molar-refractivity contribution is 0.171. The zero-order valence-corrected chi connectivity index (χ0v) is 18.1. The maximum Gasteiger partial charge on any atom is 0.321 e. The largest absolute Gasteiger partial charge is 0.486 e. The predicted octanol–water partition coefficient (Wildman–Crippen LogP) is 3.92. The summed E-state index contributed by atoms with van der Waals surface area (Å²) in [6, 6.07) is 16.7. The predicted molar refractivity (Wildman–Crippen MR) is 123 cm³/mol. The molecule has 0 aliphatic carbocycles. The first-order valence-corrected chi connectivity index (χ1v) is 10.8. The number of amides is 2. The third-order valence-corrected chi connectivity index (χ3v) is 5.73. The lowest BCUT2D eigenvalue weighted by Gasteiger charge is -2.35. The van der Waals surface area contributed by atoms with Gasteiger partial charge in [0.15, 0.2) is 17.3 Å². The molecule has 0 unspecified atom stereocenters. The van der Waals surface area contributed by atoms with Crippen LogP contribution in [0.15, 0.2) is 54.6 Å². The first-order chi connectivity index (χ1) is 15.7. The zero-order chi connectivity index (χ0) is 21.9. The molecule has 3 aromatic rings. The number of nitrogens with zero attached hydrogens (tertiary/aromatic N) is 4. The summed E-state index contributed by atoms with van der Waals surface area (Å²) in [5.74, 6) is 2.15. The standard InChI is InChI=1S/C23H22ClN5O3/c24-17-3-1-16(2-4-17)19-6-8-22(27-26-19)28-9-11-29(12-10-28)23(30)25-18-5-7-20-21(15-18)32-14-13-31-20/h1-8,15H,9-14H2,(H,25,30). The van der Waals surface area contributed by atoms with Gasteiger partial charge in [-0.2, -0.15) is 0 Å². The molecule has 0 bridgehead atoms. The number of aromatic nitrogens is 2. The molecular weight excluding hydrogens is 430 g/mol. The molecule has 9 heteroatoms. The maximum atomic E-state index is 12.7. The number of nitrogens with one attached hydrogen (secondary N) is 1. The van der Waals surface area contributed by atoms with E-state index in [1.807, 2.05) is 48.5 Å². The van der Waals surface area contributed by atoms with E-state index in [0.717, 1.165) is 17.1 Å². The van der Waals surface area contributed by atoms with Gasteiger partial charge in [0.2, 0.25) is 0 Å². The van der Waals surface area contributed by atoms with Crippen LogP contribution in [0.25, 0.3) is 11.3 Å². The van der Waals surface area contributed by atoms with Crippen molar-refractivity contribution in [3.8, 4) is 22.8 Å². The van der Waals surface area contributed by atoms with Crippen molar-refractivity contribution in [2.24, 2.45) is 0 Å². The summed E-state index contributed by atoms with van der Waals surface area (Å²) < 4.78 is 11.1. The smallest absolute Gasteiger partial charge is 0.321 e. The van der Waals surface area contributed by atoms with E-state index in [1.165, 1.54) is 0 Å². The summed E-state index contributed by atoms with van der Waals surface area (Å²) >= 11 is 5.95. The zero-order valence-electron chi connectivity index (χ0n) is 17.3. The van der Waals surface area contributed by atoms with Crippen LogP contribution in [0.4, 0.5) is 16.3 Å². The molecule has 3 heterocycles. The van der Waals surface area contributed by atoms with Gasteiger partial charge in [0, 0.05) is 48.5 Å². The Bertz CT molecular complexity index is 1100. The third kappa shape index (κ3) is 4.40. The first-order valence-electron chi connectivity index (χ1n) is 10.5. The van der Waals surface area contributed by atoms with Crippen LogP contribution >= 0.6 is 11.6 Å². The minimum Gasteiger partial charge on any atom is -0.486 e. The Morgan fingerprint density at radius 1 is 0.875 bits per heavy atom. The van der Waals surface area contributed by atoms with E-state index < -0.39 is 0 Å². The van der Waals surface area contributed by atoms with Crippen molar-refractivity contribution < 1.29 is 14.3 Å². The fourth-order valence-electron chi connectivity index (χ4n) is 3.73. The second-order valence-corrected chi connectivity index (χ2v) is 7.98. The van der Waals surface area contributed by atoms with Crippen LogP contribution < -0.4 is 19.7 Å². The van der Waals surface area contributed by atoms with Gasteiger partial charge in [-0.05, 0) is 36.4 Å². The Hall–Kier alpha value is -3.52. The molecule has 1 saturated heterocycles. The molecule has 0 radical (unpaired) electrons. The second kappa shape index (κ2) is 8.92. The lowest BCUT2D eigenvalue weighted by Crippen LogP contribution is -2.50. The third-order valence-electron chi connectivity index (χ3n) is 5.47. The molecule has 5 rings (SSSR count). The molecule has 32 heavy (non-hydrogen) atoms. The fraction of sp³-hybridized carbons (Fsp3) is 0.261. The summed E-state index contributed by atoms with van der Waals surface area (Å²) in [6.07, 6.45) is 0. The van der Waals surface area contributed by atoms with Gasteiger partial charge in [-0.1, -0.05) is 23.7 Å². The minimum atomic E-state index is -0.134. The van der Waals surface area contributed by atoms with E-state index in [0.29, 0.717) is 61.6 Å². The first kappa shape index (κ1) is 20.4. The number of piperazine rings is 1. The SMILES string of the molecule is O=C(Nc1ccc2c(c1)OCCO2)N1CCN(c2ccc(-c3ccc(Cl)cc3)nn2)CC1. The molecule has 2 aliphatic rings. The van der Waals surface area contributed by atoms with E-state index in [-0.39, 0.29) is 6.03 Å². The van der Waals surface area contributed by atoms with Crippen molar-refractivity contribution in [3.63, 3.8) is 0 Å². The molecular formula is C23H22ClN5O3.